The normalized spacial score (nSPS) is 11.0. The molecule has 1 aromatic carbocycles. The third-order valence-corrected chi connectivity index (χ3v) is 5.96. The molecule has 0 aliphatic carbocycles. The predicted molar refractivity (Wildman–Crippen MR) is 107 cm³/mol. The van der Waals surface area contributed by atoms with Crippen LogP contribution < -0.4 is 10.5 Å². The topological polar surface area (TPSA) is 95.9 Å². The van der Waals surface area contributed by atoms with Crippen molar-refractivity contribution in [3.63, 3.8) is 0 Å². The van der Waals surface area contributed by atoms with Crippen molar-refractivity contribution in [3.8, 4) is 16.5 Å². The van der Waals surface area contributed by atoms with Crippen molar-refractivity contribution in [2.45, 2.75) is 5.16 Å². The first-order chi connectivity index (χ1) is 13.1. The number of thiophene rings is 1. The zero-order valence-electron chi connectivity index (χ0n) is 14.3. The highest BCUT2D eigenvalue weighted by Gasteiger charge is 2.19. The quantitative estimate of drug-likeness (QED) is 0.313. The lowest BCUT2D eigenvalue weighted by molar-refractivity contribution is -0.131. The molecule has 0 amide bonds. The van der Waals surface area contributed by atoms with Gasteiger partial charge in [-0.05, 0) is 24.3 Å². The number of hydrogen-bond acceptors (Lipinski definition) is 8. The van der Waals surface area contributed by atoms with Crippen LogP contribution in [-0.4, -0.2) is 31.5 Å². The van der Waals surface area contributed by atoms with Crippen LogP contribution in [0.4, 0.5) is 5.69 Å². The minimum absolute atomic E-state index is 0.129. The van der Waals surface area contributed by atoms with Gasteiger partial charge in [0.1, 0.15) is 10.6 Å². The molecule has 0 aliphatic rings. The lowest BCUT2D eigenvalue weighted by Crippen LogP contribution is -2.11. The van der Waals surface area contributed by atoms with Crippen molar-refractivity contribution < 1.29 is 9.53 Å². The summed E-state index contributed by atoms with van der Waals surface area (Å²) in [6.07, 6.45) is 1.73. The molecule has 0 saturated heterocycles. The summed E-state index contributed by atoms with van der Waals surface area (Å²) < 4.78 is 7.10. The fourth-order valence-corrected chi connectivity index (χ4v) is 4.30. The number of anilines is 1. The molecule has 0 atom stereocenters. The van der Waals surface area contributed by atoms with Crippen LogP contribution in [0.25, 0.3) is 20.9 Å². The Morgan fingerprint density at radius 3 is 2.81 bits per heavy atom. The van der Waals surface area contributed by atoms with E-state index in [1.54, 1.807) is 18.3 Å². The Kier molecular flexibility index (Phi) is 4.78. The summed E-state index contributed by atoms with van der Waals surface area (Å²) in [6, 6.07) is 12.8. The first-order valence-electron chi connectivity index (χ1n) is 8.05. The maximum atomic E-state index is 12.0. The van der Waals surface area contributed by atoms with Gasteiger partial charge in [0.15, 0.2) is 11.0 Å². The van der Waals surface area contributed by atoms with E-state index in [-0.39, 0.29) is 11.7 Å². The van der Waals surface area contributed by atoms with Crippen molar-refractivity contribution in [2.75, 3.05) is 11.5 Å². The Hall–Kier alpha value is -2.91. The molecular formula is C18H15N5O2S2. The number of carbonyl (C=O) groups excluding carboxylic acids is 1. The van der Waals surface area contributed by atoms with Crippen LogP contribution in [0.1, 0.15) is 0 Å². The molecule has 0 aliphatic heterocycles. The van der Waals surface area contributed by atoms with Gasteiger partial charge in [-0.15, -0.1) is 21.5 Å². The minimum Gasteiger partial charge on any atom is -0.426 e. The second-order valence-electron chi connectivity index (χ2n) is 5.64. The molecule has 0 unspecified atom stereocenters. The Morgan fingerprint density at radius 2 is 2.04 bits per heavy atom. The standard InChI is InChI=1S/C18H15N5O2S2/c1-23-16(15-14(19)12-8-5-9-20-17(12)27-15)21-22-18(23)26-10-13(24)25-11-6-3-2-4-7-11/h2-9H,10,19H2,1H3. The van der Waals surface area contributed by atoms with Crippen LogP contribution in [0.15, 0.2) is 53.8 Å². The summed E-state index contributed by atoms with van der Waals surface area (Å²) in [7, 11) is 1.84. The molecule has 4 rings (SSSR count). The molecule has 9 heteroatoms. The summed E-state index contributed by atoms with van der Waals surface area (Å²) in [5, 5.41) is 9.94. The Bertz CT molecular complexity index is 1110. The summed E-state index contributed by atoms with van der Waals surface area (Å²) in [4.78, 5) is 18.0. The first kappa shape index (κ1) is 17.5. The van der Waals surface area contributed by atoms with E-state index in [0.717, 1.165) is 15.1 Å². The van der Waals surface area contributed by atoms with E-state index in [0.29, 0.717) is 22.4 Å². The van der Waals surface area contributed by atoms with Gasteiger partial charge >= 0.3 is 5.97 Å². The van der Waals surface area contributed by atoms with Gasteiger partial charge in [0.05, 0.1) is 16.3 Å². The number of para-hydroxylation sites is 1. The monoisotopic (exact) mass is 397 g/mol. The SMILES string of the molecule is Cn1c(SCC(=O)Oc2ccccc2)nnc1-c1sc2ncccc2c1N. The highest BCUT2D eigenvalue weighted by atomic mass is 32.2. The number of ether oxygens (including phenoxy) is 1. The number of fused-ring (bicyclic) bond motifs is 1. The zero-order valence-corrected chi connectivity index (χ0v) is 16.0. The third-order valence-electron chi connectivity index (χ3n) is 3.84. The molecule has 0 saturated carbocycles. The van der Waals surface area contributed by atoms with Gasteiger partial charge in [0, 0.05) is 18.6 Å². The molecule has 7 nitrogen and oxygen atoms in total. The molecule has 0 radical (unpaired) electrons. The van der Waals surface area contributed by atoms with Gasteiger partial charge in [-0.1, -0.05) is 30.0 Å². The zero-order chi connectivity index (χ0) is 18.8. The highest BCUT2D eigenvalue weighted by molar-refractivity contribution is 7.99. The number of rotatable bonds is 5. The Labute approximate surface area is 163 Å². The summed E-state index contributed by atoms with van der Waals surface area (Å²) in [6.45, 7) is 0. The van der Waals surface area contributed by atoms with E-state index in [9.17, 15) is 4.79 Å². The summed E-state index contributed by atoms with van der Waals surface area (Å²) >= 11 is 2.74. The van der Waals surface area contributed by atoms with Gasteiger partial charge in [0.25, 0.3) is 0 Å². The van der Waals surface area contributed by atoms with Gasteiger partial charge in [-0.25, -0.2) is 4.98 Å². The molecular weight excluding hydrogens is 382 g/mol. The molecule has 3 heterocycles. The molecule has 3 aromatic heterocycles. The minimum atomic E-state index is -0.346. The maximum Gasteiger partial charge on any atom is 0.321 e. The molecule has 4 aromatic rings. The van der Waals surface area contributed by atoms with Crippen molar-refractivity contribution in [2.24, 2.45) is 7.05 Å². The fourth-order valence-electron chi connectivity index (χ4n) is 2.53. The van der Waals surface area contributed by atoms with E-state index in [4.69, 9.17) is 10.5 Å². The van der Waals surface area contributed by atoms with Gasteiger partial charge in [-0.3, -0.25) is 4.79 Å². The molecule has 136 valence electrons. The number of aromatic nitrogens is 4. The molecule has 0 spiro atoms. The van der Waals surface area contributed by atoms with Crippen LogP contribution in [0.3, 0.4) is 0 Å². The van der Waals surface area contributed by atoms with E-state index in [2.05, 4.69) is 15.2 Å². The van der Waals surface area contributed by atoms with Gasteiger partial charge < -0.3 is 15.0 Å². The summed E-state index contributed by atoms with van der Waals surface area (Å²) in [5.74, 6) is 0.952. The van der Waals surface area contributed by atoms with Crippen molar-refractivity contribution in [1.29, 1.82) is 0 Å². The molecule has 2 N–H and O–H groups in total. The third kappa shape index (κ3) is 3.51. The molecule has 27 heavy (non-hydrogen) atoms. The number of nitrogens with zero attached hydrogens (tertiary/aromatic N) is 4. The Morgan fingerprint density at radius 1 is 1.22 bits per heavy atom. The van der Waals surface area contributed by atoms with Gasteiger partial charge in [0.2, 0.25) is 0 Å². The van der Waals surface area contributed by atoms with Crippen LogP contribution >= 0.6 is 23.1 Å². The maximum absolute atomic E-state index is 12.0. The number of pyridine rings is 1. The number of esters is 1. The van der Waals surface area contributed by atoms with Crippen molar-refractivity contribution in [3.05, 3.63) is 48.7 Å². The largest absolute Gasteiger partial charge is 0.426 e. The van der Waals surface area contributed by atoms with Crippen LogP contribution in [0.2, 0.25) is 0 Å². The van der Waals surface area contributed by atoms with Crippen LogP contribution in [-0.2, 0) is 11.8 Å². The van der Waals surface area contributed by atoms with Crippen LogP contribution in [0.5, 0.6) is 5.75 Å². The van der Waals surface area contributed by atoms with E-state index in [1.807, 2.05) is 41.9 Å². The molecule has 0 bridgehead atoms. The van der Waals surface area contributed by atoms with Crippen LogP contribution in [0, 0.1) is 0 Å². The van der Waals surface area contributed by atoms with E-state index in [1.165, 1.54) is 23.1 Å². The number of nitrogens with two attached hydrogens (primary N) is 1. The number of carbonyl (C=O) groups is 1. The number of benzene rings is 1. The van der Waals surface area contributed by atoms with Crippen molar-refractivity contribution >= 4 is 45.0 Å². The van der Waals surface area contributed by atoms with Gasteiger partial charge in [-0.2, -0.15) is 0 Å². The number of nitrogen functional groups attached to an aromatic ring is 1. The lowest BCUT2D eigenvalue weighted by Gasteiger charge is -2.04. The number of hydrogen-bond donors (Lipinski definition) is 1. The van der Waals surface area contributed by atoms with E-state index < -0.39 is 0 Å². The average molecular weight is 397 g/mol. The second kappa shape index (κ2) is 7.37. The summed E-state index contributed by atoms with van der Waals surface area (Å²) in [5.41, 5.74) is 6.90. The predicted octanol–water partition coefficient (Wildman–Crippen LogP) is 3.37. The van der Waals surface area contributed by atoms with Crippen molar-refractivity contribution in [1.82, 2.24) is 19.7 Å². The second-order valence-corrected chi connectivity index (χ2v) is 7.58. The number of thioether (sulfide) groups is 1. The van der Waals surface area contributed by atoms with E-state index >= 15 is 0 Å². The Balaban J connectivity index is 1.50. The highest BCUT2D eigenvalue weighted by Crippen LogP contribution is 2.39. The lowest BCUT2D eigenvalue weighted by atomic mass is 10.2. The first-order valence-corrected chi connectivity index (χ1v) is 9.85. The average Bonchev–Trinajstić information content (AvgIpc) is 3.21. The fraction of sp³-hybridized carbons (Fsp3) is 0.111. The molecule has 0 fully saturated rings. The smallest absolute Gasteiger partial charge is 0.321 e.